The van der Waals surface area contributed by atoms with Crippen LogP contribution in [0.2, 0.25) is 0 Å². The van der Waals surface area contributed by atoms with Gasteiger partial charge in [-0.3, -0.25) is 10.1 Å². The van der Waals surface area contributed by atoms with Crippen molar-refractivity contribution >= 4 is 23.5 Å². The number of aryl methyl sites for hydroxylation is 1. The molecule has 32 heavy (non-hydrogen) atoms. The molecule has 0 aliphatic carbocycles. The molecule has 0 saturated carbocycles. The SMILES string of the molecule is COc1ccccc1C1CCN(c2ccc(C=Nn3cc(C)nc3N)cc2[N+](=O)[O-])CC1. The molecular formula is C23H26N6O3. The number of piperidine rings is 1. The molecule has 9 heteroatoms. The van der Waals surface area contributed by atoms with Gasteiger partial charge in [0, 0.05) is 24.7 Å². The Morgan fingerprint density at radius 2 is 2.00 bits per heavy atom. The Morgan fingerprint density at radius 3 is 2.66 bits per heavy atom. The van der Waals surface area contributed by atoms with E-state index in [-0.39, 0.29) is 16.6 Å². The van der Waals surface area contributed by atoms with E-state index < -0.39 is 0 Å². The van der Waals surface area contributed by atoms with Crippen LogP contribution < -0.4 is 15.4 Å². The number of hydrogen-bond donors (Lipinski definition) is 1. The van der Waals surface area contributed by atoms with Gasteiger partial charge in [0.1, 0.15) is 11.4 Å². The van der Waals surface area contributed by atoms with Crippen LogP contribution in [0.3, 0.4) is 0 Å². The van der Waals surface area contributed by atoms with Gasteiger partial charge in [-0.15, -0.1) is 0 Å². The van der Waals surface area contributed by atoms with Gasteiger partial charge in [0.25, 0.3) is 5.69 Å². The van der Waals surface area contributed by atoms with Crippen LogP contribution >= 0.6 is 0 Å². The number of ether oxygens (including phenoxy) is 1. The molecule has 0 amide bonds. The zero-order valence-corrected chi connectivity index (χ0v) is 18.1. The number of nitro benzene ring substituents is 1. The van der Waals surface area contributed by atoms with Crippen LogP contribution in [0.5, 0.6) is 5.75 Å². The molecule has 1 aliphatic rings. The molecule has 1 aliphatic heterocycles. The fraction of sp³-hybridized carbons (Fsp3) is 0.304. The van der Waals surface area contributed by atoms with Crippen LogP contribution in [0.1, 0.15) is 35.6 Å². The van der Waals surface area contributed by atoms with Crippen molar-refractivity contribution in [2.75, 3.05) is 30.8 Å². The van der Waals surface area contributed by atoms with Crippen LogP contribution in [0.25, 0.3) is 0 Å². The Labute approximate surface area is 186 Å². The van der Waals surface area contributed by atoms with E-state index in [4.69, 9.17) is 10.5 Å². The summed E-state index contributed by atoms with van der Waals surface area (Å²) in [5.41, 5.74) is 9.06. The summed E-state index contributed by atoms with van der Waals surface area (Å²) in [5, 5.41) is 16.1. The number of hydrogen-bond acceptors (Lipinski definition) is 7. The highest BCUT2D eigenvalue weighted by Gasteiger charge is 2.27. The molecule has 0 radical (unpaired) electrons. The van der Waals surface area contributed by atoms with Gasteiger partial charge < -0.3 is 15.4 Å². The van der Waals surface area contributed by atoms with E-state index in [2.05, 4.69) is 21.1 Å². The molecule has 0 bridgehead atoms. The summed E-state index contributed by atoms with van der Waals surface area (Å²) in [6.45, 7) is 3.29. The number of nitrogen functional groups attached to an aromatic ring is 1. The molecule has 166 valence electrons. The molecule has 2 N–H and O–H groups in total. The van der Waals surface area contributed by atoms with Crippen LogP contribution in [0.15, 0.2) is 53.8 Å². The molecule has 2 aromatic carbocycles. The average molecular weight is 435 g/mol. The molecule has 0 atom stereocenters. The van der Waals surface area contributed by atoms with Crippen molar-refractivity contribution in [2.24, 2.45) is 5.10 Å². The number of nitrogens with zero attached hydrogens (tertiary/aromatic N) is 5. The van der Waals surface area contributed by atoms with Crippen molar-refractivity contribution in [1.29, 1.82) is 0 Å². The summed E-state index contributed by atoms with van der Waals surface area (Å²) < 4.78 is 6.95. The van der Waals surface area contributed by atoms with E-state index in [0.717, 1.165) is 37.4 Å². The first-order valence-corrected chi connectivity index (χ1v) is 10.5. The fourth-order valence-electron chi connectivity index (χ4n) is 4.19. The standard InChI is InChI=1S/C23H26N6O3/c1-16-15-28(23(24)26-16)25-14-17-7-8-20(21(13-17)29(30)31)27-11-9-18(10-12-27)19-5-3-4-6-22(19)32-2/h3-8,13-15,18H,9-12H2,1-2H3,(H2,24,26). The number of nitro groups is 1. The topological polar surface area (TPSA) is 112 Å². The predicted octanol–water partition coefficient (Wildman–Crippen LogP) is 3.96. The number of aromatic nitrogens is 2. The molecule has 4 rings (SSSR count). The van der Waals surface area contributed by atoms with Crippen LogP contribution in [-0.2, 0) is 0 Å². The van der Waals surface area contributed by atoms with Crippen LogP contribution in [0.4, 0.5) is 17.3 Å². The van der Waals surface area contributed by atoms with E-state index in [1.807, 2.05) is 31.2 Å². The van der Waals surface area contributed by atoms with Gasteiger partial charge in [0.2, 0.25) is 5.95 Å². The van der Waals surface area contributed by atoms with Gasteiger partial charge in [0.05, 0.1) is 30.1 Å². The van der Waals surface area contributed by atoms with Gasteiger partial charge in [-0.1, -0.05) is 24.3 Å². The van der Waals surface area contributed by atoms with E-state index in [1.54, 1.807) is 31.7 Å². The van der Waals surface area contributed by atoms with Crippen molar-refractivity contribution in [2.45, 2.75) is 25.7 Å². The van der Waals surface area contributed by atoms with Crippen LogP contribution in [0, 0.1) is 17.0 Å². The summed E-state index contributed by atoms with van der Waals surface area (Å²) in [5.74, 6) is 1.54. The monoisotopic (exact) mass is 434 g/mol. The van der Waals surface area contributed by atoms with Crippen LogP contribution in [-0.4, -0.2) is 41.0 Å². The maximum atomic E-state index is 11.8. The number of para-hydroxylation sites is 1. The van der Waals surface area contributed by atoms with Crippen molar-refractivity contribution < 1.29 is 9.66 Å². The average Bonchev–Trinajstić information content (AvgIpc) is 3.14. The molecule has 2 heterocycles. The maximum absolute atomic E-state index is 11.8. The van der Waals surface area contributed by atoms with E-state index >= 15 is 0 Å². The molecule has 9 nitrogen and oxygen atoms in total. The first-order valence-electron chi connectivity index (χ1n) is 10.5. The highest BCUT2D eigenvalue weighted by Crippen LogP contribution is 2.37. The zero-order chi connectivity index (χ0) is 22.7. The Morgan fingerprint density at radius 1 is 1.25 bits per heavy atom. The first-order chi connectivity index (χ1) is 15.5. The Balaban J connectivity index is 1.51. The minimum Gasteiger partial charge on any atom is -0.496 e. The van der Waals surface area contributed by atoms with Crippen molar-refractivity contribution in [3.8, 4) is 5.75 Å². The number of benzene rings is 2. The van der Waals surface area contributed by atoms with E-state index in [0.29, 0.717) is 17.2 Å². The number of methoxy groups -OCH3 is 1. The third-order valence-corrected chi connectivity index (χ3v) is 5.78. The molecule has 1 aromatic heterocycles. The molecule has 3 aromatic rings. The lowest BCUT2D eigenvalue weighted by Crippen LogP contribution is -2.33. The van der Waals surface area contributed by atoms with Crippen molar-refractivity contribution in [1.82, 2.24) is 9.66 Å². The highest BCUT2D eigenvalue weighted by molar-refractivity contribution is 5.83. The fourth-order valence-corrected chi connectivity index (χ4v) is 4.19. The van der Waals surface area contributed by atoms with Gasteiger partial charge in [0.15, 0.2) is 0 Å². The summed E-state index contributed by atoms with van der Waals surface area (Å²) in [6, 6.07) is 13.2. The summed E-state index contributed by atoms with van der Waals surface area (Å²) in [7, 11) is 1.69. The second-order valence-electron chi connectivity index (χ2n) is 7.84. The minimum absolute atomic E-state index is 0.0690. The number of rotatable bonds is 6. The smallest absolute Gasteiger partial charge is 0.293 e. The number of nitrogens with two attached hydrogens (primary N) is 1. The largest absolute Gasteiger partial charge is 0.496 e. The Bertz CT molecular complexity index is 1150. The lowest BCUT2D eigenvalue weighted by molar-refractivity contribution is -0.384. The lowest BCUT2D eigenvalue weighted by atomic mass is 9.88. The molecule has 0 spiro atoms. The highest BCUT2D eigenvalue weighted by atomic mass is 16.6. The van der Waals surface area contributed by atoms with Gasteiger partial charge >= 0.3 is 0 Å². The molecule has 0 unspecified atom stereocenters. The number of imidazole rings is 1. The normalized spacial score (nSPS) is 14.8. The Kier molecular flexibility index (Phi) is 6.07. The third kappa shape index (κ3) is 4.41. The minimum atomic E-state index is -0.339. The molecule has 1 fully saturated rings. The first kappa shape index (κ1) is 21.4. The quantitative estimate of drug-likeness (QED) is 0.357. The van der Waals surface area contributed by atoms with Crippen molar-refractivity contribution in [3.63, 3.8) is 0 Å². The summed E-state index contributed by atoms with van der Waals surface area (Å²) >= 11 is 0. The van der Waals surface area contributed by atoms with E-state index in [9.17, 15) is 10.1 Å². The maximum Gasteiger partial charge on any atom is 0.293 e. The van der Waals surface area contributed by atoms with Gasteiger partial charge in [-0.25, -0.2) is 9.66 Å². The lowest BCUT2D eigenvalue weighted by Gasteiger charge is -2.34. The van der Waals surface area contributed by atoms with Crippen molar-refractivity contribution in [3.05, 3.63) is 75.6 Å². The zero-order valence-electron chi connectivity index (χ0n) is 18.1. The molecular weight excluding hydrogens is 408 g/mol. The summed E-state index contributed by atoms with van der Waals surface area (Å²) in [4.78, 5) is 17.6. The van der Waals surface area contributed by atoms with Gasteiger partial charge in [-0.2, -0.15) is 5.10 Å². The van der Waals surface area contributed by atoms with Gasteiger partial charge in [-0.05, 0) is 43.4 Å². The Hall–Kier alpha value is -3.88. The predicted molar refractivity (Wildman–Crippen MR) is 125 cm³/mol. The second kappa shape index (κ2) is 9.09. The molecule has 1 saturated heterocycles. The number of anilines is 2. The second-order valence-corrected chi connectivity index (χ2v) is 7.84. The third-order valence-electron chi connectivity index (χ3n) is 5.78. The van der Waals surface area contributed by atoms with E-state index in [1.165, 1.54) is 10.2 Å². The summed E-state index contributed by atoms with van der Waals surface area (Å²) in [6.07, 6.45) is 5.04.